The van der Waals surface area contributed by atoms with E-state index in [1.54, 1.807) is 12.0 Å². The molecule has 3 rings (SSSR count). The van der Waals surface area contributed by atoms with Gasteiger partial charge in [-0.25, -0.2) is 4.79 Å². The average molecular weight is 361 g/mol. The van der Waals surface area contributed by atoms with Crippen LogP contribution in [-0.2, 0) is 16.1 Å². The second-order valence-corrected chi connectivity index (χ2v) is 6.79. The molecule has 140 valence electrons. The molecule has 8 nitrogen and oxygen atoms in total. The van der Waals surface area contributed by atoms with Gasteiger partial charge in [-0.3, -0.25) is 9.59 Å². The van der Waals surface area contributed by atoms with Crippen molar-refractivity contribution in [3.05, 3.63) is 29.8 Å². The molecule has 0 radical (unpaired) electrons. The summed E-state index contributed by atoms with van der Waals surface area (Å²) in [6.07, 6.45) is 0.913. The molecule has 8 heteroatoms. The monoisotopic (exact) mass is 361 g/mol. The molecule has 2 aliphatic heterocycles. The summed E-state index contributed by atoms with van der Waals surface area (Å²) in [5, 5.41) is 15.1. The van der Waals surface area contributed by atoms with Crippen molar-refractivity contribution in [1.82, 2.24) is 15.5 Å². The molecule has 2 fully saturated rings. The highest BCUT2D eigenvalue weighted by molar-refractivity contribution is 5.88. The summed E-state index contributed by atoms with van der Waals surface area (Å²) in [5.74, 6) is -1.15. The summed E-state index contributed by atoms with van der Waals surface area (Å²) < 4.78 is 5.10. The van der Waals surface area contributed by atoms with E-state index in [9.17, 15) is 19.5 Å². The van der Waals surface area contributed by atoms with E-state index in [0.29, 0.717) is 32.5 Å². The number of rotatable bonds is 4. The largest absolute Gasteiger partial charge is 0.497 e. The van der Waals surface area contributed by atoms with Gasteiger partial charge in [0.05, 0.1) is 18.6 Å². The van der Waals surface area contributed by atoms with Gasteiger partial charge in [0.25, 0.3) is 0 Å². The lowest BCUT2D eigenvalue weighted by Gasteiger charge is -2.41. The number of carbonyl (C=O) groups is 3. The third kappa shape index (κ3) is 3.58. The predicted octanol–water partition coefficient (Wildman–Crippen LogP) is 0.960. The SMILES string of the molecule is COc1ccc(CNC(=O)N2CCC3(CC2)NC(=O)C[C@@H]3C(=O)O)cc1. The number of carboxylic acid groups (broad SMARTS) is 1. The first kappa shape index (κ1) is 18.0. The number of nitrogens with zero attached hydrogens (tertiary/aromatic N) is 1. The van der Waals surface area contributed by atoms with Gasteiger partial charge in [0.1, 0.15) is 5.75 Å². The number of likely N-dealkylation sites (tertiary alicyclic amines) is 1. The van der Waals surface area contributed by atoms with Crippen LogP contribution in [0.5, 0.6) is 5.75 Å². The number of benzene rings is 1. The number of ether oxygens (including phenoxy) is 1. The van der Waals surface area contributed by atoms with E-state index < -0.39 is 17.4 Å². The first-order valence-corrected chi connectivity index (χ1v) is 8.63. The minimum atomic E-state index is -0.958. The number of methoxy groups -OCH3 is 1. The molecule has 3 N–H and O–H groups in total. The summed E-state index contributed by atoms with van der Waals surface area (Å²) in [7, 11) is 1.60. The van der Waals surface area contributed by atoms with Crippen molar-refractivity contribution in [2.24, 2.45) is 5.92 Å². The fourth-order valence-electron chi connectivity index (χ4n) is 3.74. The smallest absolute Gasteiger partial charge is 0.317 e. The van der Waals surface area contributed by atoms with Crippen LogP contribution in [0.4, 0.5) is 4.79 Å². The topological polar surface area (TPSA) is 108 Å². The molecule has 1 aromatic carbocycles. The average Bonchev–Trinajstić information content (AvgIpc) is 2.96. The van der Waals surface area contributed by atoms with E-state index in [4.69, 9.17) is 4.74 Å². The Hall–Kier alpha value is -2.77. The molecule has 0 aliphatic carbocycles. The molecule has 3 amide bonds. The van der Waals surface area contributed by atoms with Crippen LogP contribution in [0, 0.1) is 5.92 Å². The zero-order chi connectivity index (χ0) is 18.7. The number of aliphatic carboxylic acids is 1. The molecule has 0 unspecified atom stereocenters. The van der Waals surface area contributed by atoms with Gasteiger partial charge in [-0.05, 0) is 30.5 Å². The summed E-state index contributed by atoms with van der Waals surface area (Å²) in [6.45, 7) is 1.23. The Morgan fingerprint density at radius 3 is 2.54 bits per heavy atom. The van der Waals surface area contributed by atoms with Crippen LogP contribution in [0.15, 0.2) is 24.3 Å². The number of piperidine rings is 1. The Bertz CT molecular complexity index is 695. The van der Waals surface area contributed by atoms with Crippen LogP contribution in [-0.4, -0.2) is 53.7 Å². The highest BCUT2D eigenvalue weighted by atomic mass is 16.5. The number of urea groups is 1. The lowest BCUT2D eigenvalue weighted by Crippen LogP contribution is -2.57. The quantitative estimate of drug-likeness (QED) is 0.740. The maximum Gasteiger partial charge on any atom is 0.317 e. The Balaban J connectivity index is 1.53. The molecule has 2 aliphatic rings. The van der Waals surface area contributed by atoms with E-state index in [1.807, 2.05) is 24.3 Å². The van der Waals surface area contributed by atoms with E-state index >= 15 is 0 Å². The van der Waals surface area contributed by atoms with Crippen LogP contribution in [0.2, 0.25) is 0 Å². The van der Waals surface area contributed by atoms with Crippen LogP contribution >= 0.6 is 0 Å². The molecule has 1 spiro atoms. The molecule has 26 heavy (non-hydrogen) atoms. The molecule has 0 saturated carbocycles. The Kier molecular flexibility index (Phi) is 5.01. The van der Waals surface area contributed by atoms with Gasteiger partial charge in [-0.1, -0.05) is 12.1 Å². The minimum Gasteiger partial charge on any atom is -0.497 e. The van der Waals surface area contributed by atoms with Crippen LogP contribution in [0.1, 0.15) is 24.8 Å². The molecular weight excluding hydrogens is 338 g/mol. The van der Waals surface area contributed by atoms with Crippen molar-refractivity contribution in [3.63, 3.8) is 0 Å². The zero-order valence-corrected chi connectivity index (χ0v) is 14.7. The van der Waals surface area contributed by atoms with Crippen LogP contribution < -0.4 is 15.4 Å². The second-order valence-electron chi connectivity index (χ2n) is 6.79. The zero-order valence-electron chi connectivity index (χ0n) is 14.7. The number of nitrogens with one attached hydrogen (secondary N) is 2. The number of carboxylic acids is 1. The van der Waals surface area contributed by atoms with E-state index in [2.05, 4.69) is 10.6 Å². The van der Waals surface area contributed by atoms with E-state index in [-0.39, 0.29) is 18.4 Å². The molecule has 0 aromatic heterocycles. The lowest BCUT2D eigenvalue weighted by atomic mass is 9.78. The predicted molar refractivity (Wildman–Crippen MR) is 92.7 cm³/mol. The molecule has 2 heterocycles. The fourth-order valence-corrected chi connectivity index (χ4v) is 3.74. The summed E-state index contributed by atoms with van der Waals surface area (Å²) in [5.41, 5.74) is 0.233. The van der Waals surface area contributed by atoms with Gasteiger partial charge in [0.2, 0.25) is 5.91 Å². The first-order valence-electron chi connectivity index (χ1n) is 8.63. The lowest BCUT2D eigenvalue weighted by molar-refractivity contribution is -0.144. The molecule has 1 atom stereocenters. The number of hydrogen-bond donors (Lipinski definition) is 3. The highest BCUT2D eigenvalue weighted by Gasteiger charge is 2.51. The number of amides is 3. The van der Waals surface area contributed by atoms with Gasteiger partial charge >= 0.3 is 12.0 Å². The van der Waals surface area contributed by atoms with Crippen molar-refractivity contribution in [1.29, 1.82) is 0 Å². The van der Waals surface area contributed by atoms with Crippen molar-refractivity contribution in [2.45, 2.75) is 31.3 Å². The summed E-state index contributed by atoms with van der Waals surface area (Å²) in [4.78, 5) is 37.2. The first-order chi connectivity index (χ1) is 12.4. The Morgan fingerprint density at radius 1 is 1.31 bits per heavy atom. The van der Waals surface area contributed by atoms with Gasteiger partial charge in [0.15, 0.2) is 0 Å². The van der Waals surface area contributed by atoms with Gasteiger partial charge in [-0.15, -0.1) is 0 Å². The number of hydrogen-bond acceptors (Lipinski definition) is 4. The van der Waals surface area contributed by atoms with Crippen LogP contribution in [0.25, 0.3) is 0 Å². The summed E-state index contributed by atoms with van der Waals surface area (Å²) >= 11 is 0. The maximum absolute atomic E-state index is 12.4. The molecule has 2 saturated heterocycles. The normalized spacial score (nSPS) is 21.3. The second kappa shape index (κ2) is 7.23. The Labute approximate surface area is 151 Å². The third-order valence-electron chi connectivity index (χ3n) is 5.29. The summed E-state index contributed by atoms with van der Waals surface area (Å²) in [6, 6.07) is 7.25. The van der Waals surface area contributed by atoms with E-state index in [1.165, 1.54) is 0 Å². The van der Waals surface area contributed by atoms with Crippen LogP contribution in [0.3, 0.4) is 0 Å². The standard InChI is InChI=1S/C18H23N3O5/c1-26-13-4-2-12(3-5-13)11-19-17(25)21-8-6-18(7-9-21)14(16(23)24)10-15(22)20-18/h2-5,14H,6-11H2,1H3,(H,19,25)(H,20,22)(H,23,24)/t14-/m1/s1. The van der Waals surface area contributed by atoms with E-state index in [0.717, 1.165) is 11.3 Å². The third-order valence-corrected chi connectivity index (χ3v) is 5.29. The molecule has 1 aromatic rings. The highest BCUT2D eigenvalue weighted by Crippen LogP contribution is 2.36. The van der Waals surface area contributed by atoms with Gasteiger partial charge < -0.3 is 25.4 Å². The maximum atomic E-state index is 12.4. The van der Waals surface area contributed by atoms with Gasteiger partial charge in [-0.2, -0.15) is 0 Å². The van der Waals surface area contributed by atoms with Crippen molar-refractivity contribution in [2.75, 3.05) is 20.2 Å². The van der Waals surface area contributed by atoms with Crippen molar-refractivity contribution < 1.29 is 24.2 Å². The molecular formula is C18H23N3O5. The molecule has 0 bridgehead atoms. The Morgan fingerprint density at radius 2 is 1.96 bits per heavy atom. The van der Waals surface area contributed by atoms with Crippen molar-refractivity contribution >= 4 is 17.9 Å². The minimum absolute atomic E-state index is 0.0129. The van der Waals surface area contributed by atoms with Crippen molar-refractivity contribution in [3.8, 4) is 5.75 Å². The number of carbonyl (C=O) groups excluding carboxylic acids is 2. The fraction of sp³-hybridized carbons (Fsp3) is 0.500. The van der Waals surface area contributed by atoms with Gasteiger partial charge in [0, 0.05) is 26.1 Å².